The average molecular weight is 470 g/mol. The molecule has 5 rings (SSSR count). The molecule has 1 aromatic heterocycles. The standard InChI is InChI=1S/C27H27N5O3/c1-35-21-10-6-5-9-19(21)22-20(16-28)25(33)29-24-23(22)26(34)31-27(30-24)32-13-11-18(12-14-32)15-17-7-3-2-4-8-17/h2-10,18,20,22H,11-15H2,1H3,(H2,29,30,31,33,34). The fraction of sp³-hybridized carbons (Fsp3) is 0.333. The molecule has 3 heterocycles. The van der Waals surface area contributed by atoms with Crippen molar-refractivity contribution in [2.75, 3.05) is 30.4 Å². The van der Waals surface area contributed by atoms with Gasteiger partial charge in [-0.15, -0.1) is 0 Å². The minimum absolute atomic E-state index is 0.211. The number of piperidine rings is 1. The molecular formula is C27H27N5O3. The summed E-state index contributed by atoms with van der Waals surface area (Å²) in [6, 6.07) is 19.7. The molecule has 0 radical (unpaired) electrons. The van der Waals surface area contributed by atoms with Crippen LogP contribution in [0, 0.1) is 23.2 Å². The zero-order valence-electron chi connectivity index (χ0n) is 19.5. The minimum Gasteiger partial charge on any atom is -0.496 e. The lowest BCUT2D eigenvalue weighted by atomic mass is 9.79. The van der Waals surface area contributed by atoms with Crippen LogP contribution in [0.4, 0.5) is 11.8 Å². The van der Waals surface area contributed by atoms with E-state index >= 15 is 0 Å². The van der Waals surface area contributed by atoms with Gasteiger partial charge < -0.3 is 15.0 Å². The van der Waals surface area contributed by atoms with Crippen LogP contribution < -0.4 is 20.5 Å². The molecular weight excluding hydrogens is 442 g/mol. The number of fused-ring (bicyclic) bond motifs is 1. The van der Waals surface area contributed by atoms with Crippen LogP contribution in [0.1, 0.15) is 35.4 Å². The van der Waals surface area contributed by atoms with Gasteiger partial charge in [0, 0.05) is 24.6 Å². The Kier molecular flexibility index (Phi) is 6.23. The molecule has 0 bridgehead atoms. The number of nitriles is 1. The number of aromatic amines is 1. The summed E-state index contributed by atoms with van der Waals surface area (Å²) in [5.74, 6) is -0.569. The minimum atomic E-state index is -1.07. The van der Waals surface area contributed by atoms with Crippen LogP contribution in [0.5, 0.6) is 5.75 Å². The van der Waals surface area contributed by atoms with Gasteiger partial charge in [0.2, 0.25) is 11.9 Å². The third kappa shape index (κ3) is 4.37. The van der Waals surface area contributed by atoms with Gasteiger partial charge in [-0.25, -0.2) is 0 Å². The average Bonchev–Trinajstić information content (AvgIpc) is 2.88. The predicted molar refractivity (Wildman–Crippen MR) is 133 cm³/mol. The van der Waals surface area contributed by atoms with E-state index in [1.165, 1.54) is 12.7 Å². The summed E-state index contributed by atoms with van der Waals surface area (Å²) in [5, 5.41) is 12.5. The van der Waals surface area contributed by atoms with Gasteiger partial charge in [-0.05, 0) is 36.8 Å². The van der Waals surface area contributed by atoms with E-state index in [1.54, 1.807) is 24.3 Å². The number of amides is 1. The molecule has 3 aromatic rings. The molecule has 1 fully saturated rings. The summed E-state index contributed by atoms with van der Waals surface area (Å²) < 4.78 is 5.47. The number of rotatable bonds is 5. The van der Waals surface area contributed by atoms with Gasteiger partial charge in [0.25, 0.3) is 5.56 Å². The van der Waals surface area contributed by atoms with Crippen LogP contribution in [0.2, 0.25) is 0 Å². The van der Waals surface area contributed by atoms with Crippen molar-refractivity contribution in [3.63, 3.8) is 0 Å². The number of carbonyl (C=O) groups is 1. The first-order valence-corrected chi connectivity index (χ1v) is 11.9. The molecule has 0 aliphatic carbocycles. The van der Waals surface area contributed by atoms with Gasteiger partial charge in [-0.2, -0.15) is 10.2 Å². The second-order valence-electron chi connectivity index (χ2n) is 9.09. The molecule has 35 heavy (non-hydrogen) atoms. The number of anilines is 2. The van der Waals surface area contributed by atoms with Gasteiger partial charge in [-0.3, -0.25) is 14.6 Å². The van der Waals surface area contributed by atoms with Gasteiger partial charge in [0.05, 0.1) is 18.7 Å². The van der Waals surface area contributed by atoms with E-state index < -0.39 is 17.7 Å². The molecule has 2 N–H and O–H groups in total. The Bertz CT molecular complexity index is 1320. The maximum Gasteiger partial charge on any atom is 0.258 e. The molecule has 8 nitrogen and oxygen atoms in total. The van der Waals surface area contributed by atoms with Crippen LogP contribution in [-0.2, 0) is 11.2 Å². The third-order valence-corrected chi connectivity index (χ3v) is 7.01. The first-order chi connectivity index (χ1) is 17.1. The number of methoxy groups -OCH3 is 1. The maximum absolute atomic E-state index is 13.4. The lowest BCUT2D eigenvalue weighted by molar-refractivity contribution is -0.119. The molecule has 2 atom stereocenters. The molecule has 2 aromatic carbocycles. The van der Waals surface area contributed by atoms with Crippen LogP contribution in [0.15, 0.2) is 59.4 Å². The van der Waals surface area contributed by atoms with Crippen molar-refractivity contribution in [3.05, 3.63) is 81.6 Å². The predicted octanol–water partition coefficient (Wildman–Crippen LogP) is 3.46. The highest BCUT2D eigenvalue weighted by atomic mass is 16.5. The van der Waals surface area contributed by atoms with Crippen LogP contribution >= 0.6 is 0 Å². The monoisotopic (exact) mass is 469 g/mol. The Morgan fingerprint density at radius 1 is 1.09 bits per heavy atom. The summed E-state index contributed by atoms with van der Waals surface area (Å²) in [6.07, 6.45) is 3.01. The van der Waals surface area contributed by atoms with E-state index in [4.69, 9.17) is 4.74 Å². The lowest BCUT2D eigenvalue weighted by Gasteiger charge is -2.34. The summed E-state index contributed by atoms with van der Waals surface area (Å²) in [5.41, 5.74) is 1.87. The second-order valence-corrected chi connectivity index (χ2v) is 9.09. The van der Waals surface area contributed by atoms with Crippen molar-refractivity contribution >= 4 is 17.7 Å². The smallest absolute Gasteiger partial charge is 0.258 e. The molecule has 2 aliphatic rings. The van der Waals surface area contributed by atoms with E-state index in [9.17, 15) is 14.9 Å². The van der Waals surface area contributed by atoms with Gasteiger partial charge in [-0.1, -0.05) is 48.5 Å². The van der Waals surface area contributed by atoms with Crippen molar-refractivity contribution in [1.29, 1.82) is 5.26 Å². The summed E-state index contributed by atoms with van der Waals surface area (Å²) >= 11 is 0. The molecule has 2 aliphatic heterocycles. The molecule has 1 amide bonds. The van der Waals surface area contributed by atoms with Crippen molar-refractivity contribution in [1.82, 2.24) is 9.97 Å². The number of hydrogen-bond donors (Lipinski definition) is 2. The fourth-order valence-electron chi connectivity index (χ4n) is 5.20. The van der Waals surface area contributed by atoms with Crippen LogP contribution in [0.25, 0.3) is 0 Å². The number of ether oxygens (including phenoxy) is 1. The number of benzene rings is 2. The highest BCUT2D eigenvalue weighted by molar-refractivity contribution is 5.98. The van der Waals surface area contributed by atoms with Crippen LogP contribution in [0.3, 0.4) is 0 Å². The van der Waals surface area contributed by atoms with E-state index in [2.05, 4.69) is 50.5 Å². The fourth-order valence-corrected chi connectivity index (χ4v) is 5.20. The normalized spacial score (nSPS) is 20.0. The largest absolute Gasteiger partial charge is 0.496 e. The van der Waals surface area contributed by atoms with E-state index in [-0.39, 0.29) is 16.9 Å². The topological polar surface area (TPSA) is 111 Å². The number of carbonyl (C=O) groups excluding carboxylic acids is 1. The van der Waals surface area contributed by atoms with Crippen molar-refractivity contribution in [2.24, 2.45) is 11.8 Å². The zero-order chi connectivity index (χ0) is 24.4. The number of aromatic nitrogens is 2. The Morgan fingerprint density at radius 2 is 1.80 bits per heavy atom. The Hall–Kier alpha value is -4.12. The van der Waals surface area contributed by atoms with Crippen molar-refractivity contribution in [3.8, 4) is 11.8 Å². The Balaban J connectivity index is 1.43. The number of hydrogen-bond acceptors (Lipinski definition) is 6. The first kappa shape index (κ1) is 22.7. The molecule has 2 unspecified atom stereocenters. The number of H-pyrrole nitrogens is 1. The van der Waals surface area contributed by atoms with Crippen LogP contribution in [-0.4, -0.2) is 36.1 Å². The van der Waals surface area contributed by atoms with Gasteiger partial charge in [0.15, 0.2) is 0 Å². The molecule has 0 saturated carbocycles. The number of para-hydroxylation sites is 1. The van der Waals surface area contributed by atoms with Crippen molar-refractivity contribution < 1.29 is 9.53 Å². The molecule has 8 heteroatoms. The zero-order valence-corrected chi connectivity index (χ0v) is 19.5. The third-order valence-electron chi connectivity index (χ3n) is 7.01. The molecule has 0 spiro atoms. The summed E-state index contributed by atoms with van der Waals surface area (Å²) in [4.78, 5) is 35.8. The van der Waals surface area contributed by atoms with E-state index in [0.29, 0.717) is 23.2 Å². The number of nitrogens with zero attached hydrogens (tertiary/aromatic N) is 3. The highest BCUT2D eigenvalue weighted by Gasteiger charge is 2.41. The molecule has 178 valence electrons. The quantitative estimate of drug-likeness (QED) is 0.592. The first-order valence-electron chi connectivity index (χ1n) is 11.9. The highest BCUT2D eigenvalue weighted by Crippen LogP contribution is 2.41. The summed E-state index contributed by atoms with van der Waals surface area (Å²) in [7, 11) is 1.52. The Labute approximate surface area is 203 Å². The van der Waals surface area contributed by atoms with E-state index in [1.807, 2.05) is 6.07 Å². The van der Waals surface area contributed by atoms with E-state index in [0.717, 1.165) is 32.4 Å². The number of nitrogens with one attached hydrogen (secondary N) is 2. The Morgan fingerprint density at radius 3 is 2.51 bits per heavy atom. The summed E-state index contributed by atoms with van der Waals surface area (Å²) in [6.45, 7) is 1.54. The maximum atomic E-state index is 13.4. The van der Waals surface area contributed by atoms with Gasteiger partial charge >= 0.3 is 0 Å². The lowest BCUT2D eigenvalue weighted by Crippen LogP contribution is -2.41. The second kappa shape index (κ2) is 9.63. The molecule has 1 saturated heterocycles. The van der Waals surface area contributed by atoms with Gasteiger partial charge in [0.1, 0.15) is 17.5 Å². The van der Waals surface area contributed by atoms with Crippen molar-refractivity contribution in [2.45, 2.75) is 25.2 Å². The SMILES string of the molecule is COc1ccccc1C1c2c(nc(N3CCC(Cc4ccccc4)CC3)[nH]c2=O)NC(=O)C1C#N.